The SMILES string of the molecule is NC(N)=O.NS. The van der Waals surface area contributed by atoms with Crippen LogP contribution < -0.4 is 16.6 Å². The van der Waals surface area contributed by atoms with E-state index in [4.69, 9.17) is 4.79 Å². The van der Waals surface area contributed by atoms with Crippen LogP contribution in [0.3, 0.4) is 0 Å². The predicted molar refractivity (Wildman–Crippen MR) is 26.9 cm³/mol. The second kappa shape index (κ2) is 8.82. The Bertz CT molecular complexity index is 33.8. The summed E-state index contributed by atoms with van der Waals surface area (Å²) in [6.07, 6.45) is 0. The highest BCUT2D eigenvalue weighted by Gasteiger charge is 1.60. The van der Waals surface area contributed by atoms with Gasteiger partial charge in [-0.2, -0.15) is 0 Å². The Kier molecular flexibility index (Phi) is 13.4. The molecule has 0 unspecified atom stereocenters. The molecular weight excluding hydrogens is 102 g/mol. The first-order valence-corrected chi connectivity index (χ1v) is 1.56. The summed E-state index contributed by atoms with van der Waals surface area (Å²) in [6.45, 7) is 0. The third kappa shape index (κ3) is 135. The minimum Gasteiger partial charge on any atom is -0.352 e. The van der Waals surface area contributed by atoms with Crippen LogP contribution in [0.15, 0.2) is 0 Å². The summed E-state index contributed by atoms with van der Waals surface area (Å²) in [5.74, 6) is 0. The van der Waals surface area contributed by atoms with E-state index in [1.54, 1.807) is 0 Å². The van der Waals surface area contributed by atoms with Crippen molar-refractivity contribution in [1.82, 2.24) is 0 Å². The monoisotopic (exact) mass is 109 g/mol. The first-order chi connectivity index (χ1) is 2.73. The Morgan fingerprint density at radius 2 is 1.33 bits per heavy atom. The van der Waals surface area contributed by atoms with Crippen molar-refractivity contribution in [3.8, 4) is 0 Å². The minimum atomic E-state index is -0.833. The first-order valence-electron chi connectivity index (χ1n) is 1.04. The Labute approximate surface area is 41.2 Å². The second-order valence-corrected chi connectivity index (χ2v) is 0.402. The molecule has 0 spiro atoms. The van der Waals surface area contributed by atoms with Gasteiger partial charge < -0.3 is 11.5 Å². The number of nitrogens with two attached hydrogens (primary N) is 3. The fourth-order valence-electron chi connectivity index (χ4n) is 0. The maximum atomic E-state index is 9.00. The summed E-state index contributed by atoms with van der Waals surface area (Å²) in [6, 6.07) is -0.833. The van der Waals surface area contributed by atoms with E-state index in [9.17, 15) is 0 Å². The van der Waals surface area contributed by atoms with Crippen LogP contribution >= 0.6 is 12.8 Å². The normalized spacial score (nSPS) is 5.00. The van der Waals surface area contributed by atoms with Gasteiger partial charge in [-0.1, -0.05) is 0 Å². The van der Waals surface area contributed by atoms with E-state index in [0.717, 1.165) is 0 Å². The summed E-state index contributed by atoms with van der Waals surface area (Å²) < 4.78 is 0. The quantitative estimate of drug-likeness (QED) is 0.294. The van der Waals surface area contributed by atoms with Crippen molar-refractivity contribution in [1.29, 1.82) is 0 Å². The molecule has 38 valence electrons. The van der Waals surface area contributed by atoms with Crippen LogP contribution in [0.4, 0.5) is 4.79 Å². The average Bonchev–Trinajstić information content (AvgIpc) is 1.41. The number of hydrogen-bond acceptors (Lipinski definition) is 3. The Hall–Kier alpha value is -0.420. The summed E-state index contributed by atoms with van der Waals surface area (Å²) in [7, 11) is 0. The molecule has 0 aromatic rings. The van der Waals surface area contributed by atoms with Crippen LogP contribution in [-0.2, 0) is 0 Å². The smallest absolute Gasteiger partial charge is 0.309 e. The van der Waals surface area contributed by atoms with E-state index < -0.39 is 6.03 Å². The van der Waals surface area contributed by atoms with Gasteiger partial charge in [-0.05, 0) is 0 Å². The Morgan fingerprint density at radius 1 is 1.33 bits per heavy atom. The van der Waals surface area contributed by atoms with Gasteiger partial charge in [0.2, 0.25) is 0 Å². The van der Waals surface area contributed by atoms with E-state index in [2.05, 4.69) is 29.4 Å². The number of thiol groups is 1. The molecule has 0 aliphatic carbocycles. The van der Waals surface area contributed by atoms with Crippen molar-refractivity contribution < 1.29 is 4.79 Å². The van der Waals surface area contributed by atoms with Crippen LogP contribution in [-0.4, -0.2) is 6.03 Å². The first kappa shape index (κ1) is 9.13. The van der Waals surface area contributed by atoms with E-state index in [-0.39, 0.29) is 0 Å². The maximum absolute atomic E-state index is 9.00. The lowest BCUT2D eigenvalue weighted by Gasteiger charge is -1.62. The summed E-state index contributed by atoms with van der Waals surface area (Å²) >= 11 is 3.03. The van der Waals surface area contributed by atoms with Crippen molar-refractivity contribution in [2.24, 2.45) is 16.6 Å². The molecule has 4 nitrogen and oxygen atoms in total. The van der Waals surface area contributed by atoms with E-state index in [1.807, 2.05) is 0 Å². The van der Waals surface area contributed by atoms with Gasteiger partial charge >= 0.3 is 6.03 Å². The third-order valence-electron chi connectivity index (χ3n) is 0. The lowest BCUT2D eigenvalue weighted by atomic mass is 11.2. The van der Waals surface area contributed by atoms with Crippen molar-refractivity contribution in [3.05, 3.63) is 0 Å². The zero-order valence-electron chi connectivity index (χ0n) is 3.09. The van der Waals surface area contributed by atoms with E-state index >= 15 is 0 Å². The second-order valence-electron chi connectivity index (χ2n) is 0.402. The summed E-state index contributed by atoms with van der Waals surface area (Å²) in [5.41, 5.74) is 8.50. The van der Waals surface area contributed by atoms with Crippen molar-refractivity contribution in [2.75, 3.05) is 0 Å². The number of primary amides is 2. The van der Waals surface area contributed by atoms with Gasteiger partial charge in [0.15, 0.2) is 0 Å². The zero-order chi connectivity index (χ0) is 5.58. The zero-order valence-corrected chi connectivity index (χ0v) is 3.98. The topological polar surface area (TPSA) is 95.1 Å². The highest BCUT2D eigenvalue weighted by atomic mass is 32.1. The molecule has 0 heterocycles. The molecule has 0 aromatic heterocycles. The molecule has 2 amide bonds. The molecule has 6 N–H and O–H groups in total. The molecule has 0 fully saturated rings. The highest BCUT2D eigenvalue weighted by Crippen LogP contribution is 1.25. The number of carbonyl (C=O) groups is 1. The molecule has 0 saturated carbocycles. The molecule has 0 saturated heterocycles. The molecule has 0 aliphatic heterocycles. The maximum Gasteiger partial charge on any atom is 0.309 e. The number of amides is 2. The van der Waals surface area contributed by atoms with Gasteiger partial charge in [0.1, 0.15) is 0 Å². The van der Waals surface area contributed by atoms with Crippen LogP contribution in [0.2, 0.25) is 0 Å². The Morgan fingerprint density at radius 3 is 1.33 bits per heavy atom. The molecule has 0 aromatic carbocycles. The van der Waals surface area contributed by atoms with Crippen LogP contribution in [0.25, 0.3) is 0 Å². The number of carbonyl (C=O) groups excluding carboxylic acids is 1. The minimum absolute atomic E-state index is 0.833. The van der Waals surface area contributed by atoms with Gasteiger partial charge in [-0.15, -0.1) is 12.8 Å². The molecule has 0 radical (unpaired) electrons. The number of hydrogen-bond donors (Lipinski definition) is 4. The molecule has 0 rings (SSSR count). The summed E-state index contributed by atoms with van der Waals surface area (Å²) in [4.78, 5) is 9.00. The van der Waals surface area contributed by atoms with Gasteiger partial charge in [0, 0.05) is 0 Å². The summed E-state index contributed by atoms with van der Waals surface area (Å²) in [5, 5.41) is 4.19. The lowest BCUT2D eigenvalue weighted by Crippen LogP contribution is -2.18. The fourth-order valence-corrected chi connectivity index (χ4v) is 0. The molecule has 0 atom stereocenters. The average molecular weight is 109 g/mol. The van der Waals surface area contributed by atoms with Gasteiger partial charge in [0.05, 0.1) is 0 Å². The van der Waals surface area contributed by atoms with Crippen molar-refractivity contribution >= 4 is 18.8 Å². The standard InChI is InChI=1S/CH4N2O.H3NS/c2-1(3)4;1-2/h(H4,2,3,4);2H,1H2. The fraction of sp³-hybridized carbons (Fsp3) is 0. The Balaban J connectivity index is 0. The van der Waals surface area contributed by atoms with Gasteiger partial charge in [0.25, 0.3) is 0 Å². The van der Waals surface area contributed by atoms with E-state index in [0.29, 0.717) is 0 Å². The highest BCUT2D eigenvalue weighted by molar-refractivity contribution is 7.77. The number of urea groups is 1. The molecule has 6 heavy (non-hydrogen) atoms. The predicted octanol–water partition coefficient (Wildman–Crippen LogP) is -1.19. The van der Waals surface area contributed by atoms with E-state index in [1.165, 1.54) is 0 Å². The van der Waals surface area contributed by atoms with Gasteiger partial charge in [-0.25, -0.2) is 4.79 Å². The van der Waals surface area contributed by atoms with Gasteiger partial charge in [-0.3, -0.25) is 5.14 Å². The van der Waals surface area contributed by atoms with Crippen LogP contribution in [0.5, 0.6) is 0 Å². The van der Waals surface area contributed by atoms with Crippen LogP contribution in [0.1, 0.15) is 0 Å². The molecular formula is CH7N3OS. The van der Waals surface area contributed by atoms with Crippen LogP contribution in [0, 0.1) is 0 Å². The molecule has 0 bridgehead atoms. The molecule has 5 heteroatoms. The third-order valence-corrected chi connectivity index (χ3v) is 0. The molecule has 0 aliphatic rings. The van der Waals surface area contributed by atoms with Crippen molar-refractivity contribution in [2.45, 2.75) is 0 Å². The largest absolute Gasteiger partial charge is 0.352 e. The lowest BCUT2D eigenvalue weighted by molar-refractivity contribution is 0.256. The number of rotatable bonds is 0. The van der Waals surface area contributed by atoms with Crippen molar-refractivity contribution in [3.63, 3.8) is 0 Å².